The Hall–Kier alpha value is -3.23. The van der Waals surface area contributed by atoms with Crippen molar-refractivity contribution in [1.29, 1.82) is 0 Å². The van der Waals surface area contributed by atoms with Crippen LogP contribution in [0.5, 0.6) is 11.5 Å². The third-order valence-electron chi connectivity index (χ3n) is 4.09. The summed E-state index contributed by atoms with van der Waals surface area (Å²) in [6.45, 7) is 2.74. The van der Waals surface area contributed by atoms with E-state index in [9.17, 15) is 18.0 Å². The zero-order valence-corrected chi connectivity index (χ0v) is 17.6. The first-order valence-electron chi connectivity index (χ1n) is 8.73. The van der Waals surface area contributed by atoms with Crippen LogP contribution >= 0.6 is 11.6 Å². The Morgan fingerprint density at radius 3 is 2.27 bits per heavy atom. The molecule has 1 N–H and O–H groups in total. The minimum Gasteiger partial charge on any atom is -0.455 e. The van der Waals surface area contributed by atoms with E-state index in [1.807, 2.05) is 0 Å². The van der Waals surface area contributed by atoms with Crippen LogP contribution < -0.4 is 9.46 Å². The van der Waals surface area contributed by atoms with Gasteiger partial charge in [-0.1, -0.05) is 23.7 Å². The average molecular weight is 445 g/mol. The van der Waals surface area contributed by atoms with E-state index in [4.69, 9.17) is 16.3 Å². The molecule has 0 spiro atoms. The van der Waals surface area contributed by atoms with Crippen molar-refractivity contribution in [2.45, 2.75) is 18.7 Å². The first-order chi connectivity index (χ1) is 14.2. The second-order valence-electron chi connectivity index (χ2n) is 6.39. The van der Waals surface area contributed by atoms with Crippen LogP contribution in [0.25, 0.3) is 0 Å². The molecule has 0 atom stereocenters. The van der Waals surface area contributed by atoms with E-state index in [2.05, 4.69) is 9.71 Å². The second-order valence-corrected chi connectivity index (χ2v) is 8.51. The lowest BCUT2D eigenvalue weighted by Gasteiger charge is -2.13. The zero-order chi connectivity index (χ0) is 21.9. The molecule has 0 saturated heterocycles. The highest BCUT2D eigenvalue weighted by Gasteiger charge is 2.17. The summed E-state index contributed by atoms with van der Waals surface area (Å²) in [4.78, 5) is 27.3. The van der Waals surface area contributed by atoms with Gasteiger partial charge in [-0.2, -0.15) is 0 Å². The van der Waals surface area contributed by atoms with Crippen LogP contribution in [-0.4, -0.2) is 25.0 Å². The summed E-state index contributed by atoms with van der Waals surface area (Å²) in [7, 11) is -3.92. The molecule has 30 heavy (non-hydrogen) atoms. The standard InChI is InChI=1S/C21H17ClN2O5S/c1-13(25)15-3-6-19(7-4-15)30(27,28)24-17-5-8-21(20(10-17)14(2)26)29-18-9-16(22)11-23-12-18/h3-12,24H,1-2H3. The third-order valence-corrected chi connectivity index (χ3v) is 5.69. The van der Waals surface area contributed by atoms with Crippen LogP contribution in [0, 0.1) is 0 Å². The van der Waals surface area contributed by atoms with Gasteiger partial charge in [0.15, 0.2) is 11.6 Å². The number of Topliss-reactive ketones (excluding diaryl/α,β-unsaturated/α-hetero) is 2. The molecule has 7 nitrogen and oxygen atoms in total. The second kappa shape index (κ2) is 8.64. The number of carbonyl (C=O) groups excluding carboxylic acids is 2. The molecule has 0 fully saturated rings. The molecule has 3 rings (SSSR count). The quantitative estimate of drug-likeness (QED) is 0.528. The molecule has 154 valence electrons. The molecule has 0 amide bonds. The van der Waals surface area contributed by atoms with Crippen LogP contribution in [0.3, 0.4) is 0 Å². The van der Waals surface area contributed by atoms with Crippen LogP contribution in [0.2, 0.25) is 5.02 Å². The molecule has 9 heteroatoms. The van der Waals surface area contributed by atoms with Gasteiger partial charge >= 0.3 is 0 Å². The van der Waals surface area contributed by atoms with Crippen LogP contribution in [-0.2, 0) is 10.0 Å². The Kier molecular flexibility index (Phi) is 6.19. The summed E-state index contributed by atoms with van der Waals surface area (Å²) in [5.41, 5.74) is 0.777. The number of nitrogens with one attached hydrogen (secondary N) is 1. The van der Waals surface area contributed by atoms with E-state index < -0.39 is 10.0 Å². The maximum absolute atomic E-state index is 12.6. The number of anilines is 1. The lowest BCUT2D eigenvalue weighted by atomic mass is 10.1. The van der Waals surface area contributed by atoms with E-state index in [-0.39, 0.29) is 33.5 Å². The highest BCUT2D eigenvalue weighted by molar-refractivity contribution is 7.92. The number of hydrogen-bond donors (Lipinski definition) is 1. The summed E-state index contributed by atoms with van der Waals surface area (Å²) in [6.07, 6.45) is 2.89. The number of benzene rings is 2. The third kappa shape index (κ3) is 5.03. The van der Waals surface area contributed by atoms with E-state index >= 15 is 0 Å². The number of ketones is 2. The van der Waals surface area contributed by atoms with Gasteiger partial charge in [0.25, 0.3) is 10.0 Å². The van der Waals surface area contributed by atoms with Crippen molar-refractivity contribution in [1.82, 2.24) is 4.98 Å². The van der Waals surface area contributed by atoms with Gasteiger partial charge in [0.05, 0.1) is 21.7 Å². The highest BCUT2D eigenvalue weighted by Crippen LogP contribution is 2.30. The van der Waals surface area contributed by atoms with Gasteiger partial charge in [-0.3, -0.25) is 19.3 Å². The van der Waals surface area contributed by atoms with Gasteiger partial charge in [0.1, 0.15) is 11.5 Å². The largest absolute Gasteiger partial charge is 0.455 e. The number of rotatable bonds is 7. The lowest BCUT2D eigenvalue weighted by Crippen LogP contribution is -2.13. The Morgan fingerprint density at radius 1 is 0.967 bits per heavy atom. The summed E-state index contributed by atoms with van der Waals surface area (Å²) in [5, 5.41) is 0.372. The zero-order valence-electron chi connectivity index (χ0n) is 16.0. The van der Waals surface area contributed by atoms with Crippen molar-refractivity contribution in [3.8, 4) is 11.5 Å². The molecule has 1 aromatic heterocycles. The lowest BCUT2D eigenvalue weighted by molar-refractivity contribution is 0.100. The molecular weight excluding hydrogens is 428 g/mol. The normalized spacial score (nSPS) is 11.0. The number of carbonyl (C=O) groups is 2. The van der Waals surface area contributed by atoms with Crippen LogP contribution in [0.15, 0.2) is 65.8 Å². The first-order valence-corrected chi connectivity index (χ1v) is 10.6. The van der Waals surface area contributed by atoms with Gasteiger partial charge in [-0.15, -0.1) is 0 Å². The Labute approximate surface area is 178 Å². The Balaban J connectivity index is 1.88. The number of pyridine rings is 1. The smallest absolute Gasteiger partial charge is 0.261 e. The monoisotopic (exact) mass is 444 g/mol. The molecule has 1 heterocycles. The van der Waals surface area contributed by atoms with E-state index in [1.54, 1.807) is 6.07 Å². The molecule has 0 bridgehead atoms. The number of sulfonamides is 1. The number of nitrogens with zero attached hydrogens (tertiary/aromatic N) is 1. The molecule has 0 aliphatic heterocycles. The van der Waals surface area contributed by atoms with Gasteiger partial charge in [-0.25, -0.2) is 8.42 Å². The van der Waals surface area contributed by atoms with Crippen LogP contribution in [0.1, 0.15) is 34.6 Å². The van der Waals surface area contributed by atoms with E-state index in [0.29, 0.717) is 16.3 Å². The number of hydrogen-bond acceptors (Lipinski definition) is 6. The first kappa shape index (κ1) is 21.5. The number of halogens is 1. The molecule has 0 aliphatic carbocycles. The molecule has 0 aliphatic rings. The van der Waals surface area contributed by atoms with Crippen molar-refractivity contribution in [2.75, 3.05) is 4.72 Å². The van der Waals surface area contributed by atoms with Gasteiger partial charge < -0.3 is 4.74 Å². The maximum atomic E-state index is 12.6. The predicted molar refractivity (Wildman–Crippen MR) is 113 cm³/mol. The molecule has 0 unspecified atom stereocenters. The molecular formula is C21H17ClN2O5S. The molecule has 0 saturated carbocycles. The van der Waals surface area contributed by atoms with Crippen molar-refractivity contribution in [3.05, 3.63) is 77.1 Å². The highest BCUT2D eigenvalue weighted by atomic mass is 35.5. The van der Waals surface area contributed by atoms with E-state index in [0.717, 1.165) is 0 Å². The van der Waals surface area contributed by atoms with Crippen molar-refractivity contribution in [3.63, 3.8) is 0 Å². The Bertz CT molecular complexity index is 1220. The van der Waals surface area contributed by atoms with Crippen molar-refractivity contribution >= 4 is 38.9 Å². The summed E-state index contributed by atoms with van der Waals surface area (Å²) >= 11 is 5.89. The van der Waals surface area contributed by atoms with Gasteiger partial charge in [0.2, 0.25) is 0 Å². The topological polar surface area (TPSA) is 102 Å². The fraction of sp³-hybridized carbons (Fsp3) is 0.0952. The fourth-order valence-corrected chi connectivity index (χ4v) is 3.83. The number of aromatic nitrogens is 1. The van der Waals surface area contributed by atoms with Crippen molar-refractivity contribution < 1.29 is 22.7 Å². The van der Waals surface area contributed by atoms with Crippen molar-refractivity contribution in [2.24, 2.45) is 0 Å². The van der Waals surface area contributed by atoms with Crippen LogP contribution in [0.4, 0.5) is 5.69 Å². The predicted octanol–water partition coefficient (Wildman–Crippen LogP) is 4.73. The van der Waals surface area contributed by atoms with E-state index in [1.165, 1.54) is 68.7 Å². The minimum absolute atomic E-state index is 0.0118. The van der Waals surface area contributed by atoms with Gasteiger partial charge in [0, 0.05) is 23.5 Å². The molecule has 2 aromatic carbocycles. The summed E-state index contributed by atoms with van der Waals surface area (Å²) < 4.78 is 33.4. The van der Waals surface area contributed by atoms with Gasteiger partial charge in [-0.05, 0) is 44.2 Å². The number of ether oxygens (including phenoxy) is 1. The average Bonchev–Trinajstić information content (AvgIpc) is 2.69. The summed E-state index contributed by atoms with van der Waals surface area (Å²) in [5.74, 6) is 0.0968. The molecule has 0 radical (unpaired) electrons. The SMILES string of the molecule is CC(=O)c1ccc(S(=O)(=O)Nc2ccc(Oc3cncc(Cl)c3)c(C(C)=O)c2)cc1. The maximum Gasteiger partial charge on any atom is 0.261 e. The Morgan fingerprint density at radius 2 is 1.67 bits per heavy atom. The minimum atomic E-state index is -3.92. The molecule has 3 aromatic rings. The fourth-order valence-electron chi connectivity index (χ4n) is 2.62. The summed E-state index contributed by atoms with van der Waals surface area (Å²) in [6, 6.07) is 11.4.